The van der Waals surface area contributed by atoms with E-state index in [1.54, 1.807) is 12.1 Å². The van der Waals surface area contributed by atoms with E-state index in [-0.39, 0.29) is 17.1 Å². The number of halogens is 4. The standard InChI is InChI=1S/C20H18ClF3N2O2/c1-2-13-5-3-4-6-17(13)26-19(28)12-25-18(27)10-7-14-11-15(20(22,23)24)8-9-16(14)21/h3-11H,2,12H2,1H3,(H,25,27)(H,26,28)/b10-7+. The maximum absolute atomic E-state index is 12.8. The van der Waals surface area contributed by atoms with Crippen molar-refractivity contribution < 1.29 is 22.8 Å². The number of anilines is 1. The maximum Gasteiger partial charge on any atom is 0.416 e. The minimum Gasteiger partial charge on any atom is -0.343 e. The van der Waals surface area contributed by atoms with Gasteiger partial charge in [-0.05, 0) is 47.9 Å². The lowest BCUT2D eigenvalue weighted by Gasteiger charge is -2.10. The molecule has 4 nitrogen and oxygen atoms in total. The smallest absolute Gasteiger partial charge is 0.343 e. The molecule has 2 aromatic carbocycles. The Hall–Kier alpha value is -2.80. The van der Waals surface area contributed by atoms with Gasteiger partial charge in [-0.25, -0.2) is 0 Å². The average Bonchev–Trinajstić information content (AvgIpc) is 2.65. The second-order valence-electron chi connectivity index (χ2n) is 5.84. The molecule has 0 unspecified atom stereocenters. The molecule has 0 aliphatic carbocycles. The molecule has 0 saturated heterocycles. The number of carbonyl (C=O) groups excluding carboxylic acids is 2. The highest BCUT2D eigenvalue weighted by Gasteiger charge is 2.30. The molecule has 0 saturated carbocycles. The van der Waals surface area contributed by atoms with Crippen molar-refractivity contribution in [3.63, 3.8) is 0 Å². The van der Waals surface area contributed by atoms with E-state index in [9.17, 15) is 22.8 Å². The lowest BCUT2D eigenvalue weighted by Crippen LogP contribution is -2.31. The van der Waals surface area contributed by atoms with Crippen LogP contribution in [0.15, 0.2) is 48.5 Å². The summed E-state index contributed by atoms with van der Waals surface area (Å²) in [7, 11) is 0. The molecule has 2 amide bonds. The predicted molar refractivity (Wildman–Crippen MR) is 103 cm³/mol. The van der Waals surface area contributed by atoms with Crippen molar-refractivity contribution in [3.8, 4) is 0 Å². The fourth-order valence-electron chi connectivity index (χ4n) is 2.38. The predicted octanol–water partition coefficient (Wildman–Crippen LogP) is 4.69. The maximum atomic E-state index is 12.8. The van der Waals surface area contributed by atoms with Crippen LogP contribution in [-0.2, 0) is 22.2 Å². The summed E-state index contributed by atoms with van der Waals surface area (Å²) < 4.78 is 38.3. The zero-order chi connectivity index (χ0) is 20.7. The Labute approximate surface area is 165 Å². The number of para-hydroxylation sites is 1. The lowest BCUT2D eigenvalue weighted by atomic mass is 10.1. The molecule has 2 N–H and O–H groups in total. The first-order valence-corrected chi connectivity index (χ1v) is 8.79. The lowest BCUT2D eigenvalue weighted by molar-refractivity contribution is -0.137. The van der Waals surface area contributed by atoms with Crippen molar-refractivity contribution in [3.05, 3.63) is 70.3 Å². The summed E-state index contributed by atoms with van der Waals surface area (Å²) >= 11 is 5.86. The quantitative estimate of drug-likeness (QED) is 0.679. The van der Waals surface area contributed by atoms with Gasteiger partial charge in [0.15, 0.2) is 0 Å². The number of benzene rings is 2. The molecule has 0 radical (unpaired) electrons. The summed E-state index contributed by atoms with van der Waals surface area (Å²) in [5.41, 5.74) is 0.802. The Morgan fingerprint density at radius 1 is 1.14 bits per heavy atom. The summed E-state index contributed by atoms with van der Waals surface area (Å²) in [4.78, 5) is 23.8. The normalized spacial score (nSPS) is 11.5. The van der Waals surface area contributed by atoms with Gasteiger partial charge in [0.05, 0.1) is 12.1 Å². The van der Waals surface area contributed by atoms with Gasteiger partial charge >= 0.3 is 6.18 Å². The van der Waals surface area contributed by atoms with E-state index in [0.717, 1.165) is 42.3 Å². The molecular weight excluding hydrogens is 393 g/mol. The minimum atomic E-state index is -4.51. The van der Waals surface area contributed by atoms with Crippen molar-refractivity contribution in [2.45, 2.75) is 19.5 Å². The molecule has 0 aromatic heterocycles. The highest BCUT2D eigenvalue weighted by atomic mass is 35.5. The molecule has 0 bridgehead atoms. The molecule has 0 aliphatic rings. The summed E-state index contributed by atoms with van der Waals surface area (Å²) in [5, 5.41) is 5.15. The van der Waals surface area contributed by atoms with Gasteiger partial charge in [0.2, 0.25) is 11.8 Å². The van der Waals surface area contributed by atoms with Crippen LogP contribution in [0.25, 0.3) is 6.08 Å². The third-order valence-electron chi connectivity index (χ3n) is 3.83. The van der Waals surface area contributed by atoms with E-state index in [1.165, 1.54) is 0 Å². The Balaban J connectivity index is 1.94. The van der Waals surface area contributed by atoms with Crippen molar-refractivity contribution in [1.82, 2.24) is 5.32 Å². The first-order valence-electron chi connectivity index (χ1n) is 8.41. The van der Waals surface area contributed by atoms with Crippen molar-refractivity contribution in [2.75, 3.05) is 11.9 Å². The van der Waals surface area contributed by atoms with Crippen LogP contribution in [0.4, 0.5) is 18.9 Å². The summed E-state index contributed by atoms with van der Waals surface area (Å²) in [6.45, 7) is 1.67. The van der Waals surface area contributed by atoms with Crippen LogP contribution in [0.2, 0.25) is 5.02 Å². The number of aryl methyl sites for hydroxylation is 1. The largest absolute Gasteiger partial charge is 0.416 e. The highest BCUT2D eigenvalue weighted by Crippen LogP contribution is 2.32. The van der Waals surface area contributed by atoms with E-state index in [1.807, 2.05) is 19.1 Å². The van der Waals surface area contributed by atoms with Gasteiger partial charge in [0.25, 0.3) is 0 Å². The average molecular weight is 411 g/mol. The number of alkyl halides is 3. The molecule has 0 spiro atoms. The van der Waals surface area contributed by atoms with Gasteiger partial charge in [-0.2, -0.15) is 13.2 Å². The van der Waals surface area contributed by atoms with Gasteiger partial charge in [-0.15, -0.1) is 0 Å². The Bertz CT molecular complexity index is 895. The Kier molecular flexibility index (Phi) is 7.23. The molecule has 0 fully saturated rings. The molecule has 0 heterocycles. The van der Waals surface area contributed by atoms with Crippen LogP contribution >= 0.6 is 11.6 Å². The van der Waals surface area contributed by atoms with Crippen LogP contribution in [-0.4, -0.2) is 18.4 Å². The summed E-state index contributed by atoms with van der Waals surface area (Å²) in [5.74, 6) is -1.05. The van der Waals surface area contributed by atoms with Gasteiger partial charge in [-0.1, -0.05) is 36.7 Å². The fraction of sp³-hybridized carbons (Fsp3) is 0.200. The summed E-state index contributed by atoms with van der Waals surface area (Å²) in [6, 6.07) is 10.1. The highest BCUT2D eigenvalue weighted by molar-refractivity contribution is 6.32. The third kappa shape index (κ3) is 6.13. The number of rotatable bonds is 6. The SMILES string of the molecule is CCc1ccccc1NC(=O)CNC(=O)/C=C/c1cc(C(F)(F)F)ccc1Cl. The monoisotopic (exact) mass is 410 g/mol. The fourth-order valence-corrected chi connectivity index (χ4v) is 2.57. The van der Waals surface area contributed by atoms with Crippen LogP contribution in [0.3, 0.4) is 0 Å². The van der Waals surface area contributed by atoms with Crippen molar-refractivity contribution in [1.29, 1.82) is 0 Å². The second kappa shape index (κ2) is 9.41. The van der Waals surface area contributed by atoms with E-state index in [4.69, 9.17) is 11.6 Å². The Morgan fingerprint density at radius 3 is 2.54 bits per heavy atom. The van der Waals surface area contributed by atoms with Gasteiger partial charge in [0.1, 0.15) is 0 Å². The van der Waals surface area contributed by atoms with E-state index < -0.39 is 23.6 Å². The van der Waals surface area contributed by atoms with Gasteiger partial charge in [-0.3, -0.25) is 9.59 Å². The van der Waals surface area contributed by atoms with Crippen LogP contribution in [0.5, 0.6) is 0 Å². The minimum absolute atomic E-state index is 0.0490. The molecule has 0 aliphatic heterocycles. The number of amides is 2. The van der Waals surface area contributed by atoms with Crippen LogP contribution in [0.1, 0.15) is 23.6 Å². The van der Waals surface area contributed by atoms with Crippen molar-refractivity contribution in [2.24, 2.45) is 0 Å². The molecule has 28 heavy (non-hydrogen) atoms. The molecule has 8 heteroatoms. The number of nitrogens with one attached hydrogen (secondary N) is 2. The molecule has 0 atom stereocenters. The van der Waals surface area contributed by atoms with Crippen LogP contribution in [0, 0.1) is 0 Å². The van der Waals surface area contributed by atoms with Gasteiger partial charge < -0.3 is 10.6 Å². The van der Waals surface area contributed by atoms with E-state index in [0.29, 0.717) is 5.69 Å². The molecule has 2 rings (SSSR count). The van der Waals surface area contributed by atoms with Crippen molar-refractivity contribution >= 4 is 35.2 Å². The molecule has 2 aromatic rings. The third-order valence-corrected chi connectivity index (χ3v) is 4.18. The molecular formula is C20H18ClF3N2O2. The van der Waals surface area contributed by atoms with Crippen LogP contribution < -0.4 is 10.6 Å². The first-order chi connectivity index (χ1) is 13.2. The Morgan fingerprint density at radius 2 is 1.86 bits per heavy atom. The first kappa shape index (κ1) is 21.5. The zero-order valence-electron chi connectivity index (χ0n) is 14.9. The topological polar surface area (TPSA) is 58.2 Å². The number of hydrogen-bond acceptors (Lipinski definition) is 2. The number of carbonyl (C=O) groups is 2. The van der Waals surface area contributed by atoms with Gasteiger partial charge in [0, 0.05) is 16.8 Å². The van der Waals surface area contributed by atoms with E-state index >= 15 is 0 Å². The zero-order valence-corrected chi connectivity index (χ0v) is 15.7. The second-order valence-corrected chi connectivity index (χ2v) is 6.25. The number of hydrogen-bond donors (Lipinski definition) is 2. The summed E-state index contributed by atoms with van der Waals surface area (Å²) in [6.07, 6.45) is -1.59. The molecule has 148 valence electrons. The van der Waals surface area contributed by atoms with E-state index in [2.05, 4.69) is 10.6 Å².